The van der Waals surface area contributed by atoms with Crippen molar-refractivity contribution >= 4 is 21.4 Å². The molecule has 0 spiro atoms. The van der Waals surface area contributed by atoms with Crippen molar-refractivity contribution in [3.05, 3.63) is 34.0 Å². The van der Waals surface area contributed by atoms with Crippen molar-refractivity contribution in [1.82, 2.24) is 20.1 Å². The Morgan fingerprint density at radius 1 is 1.44 bits per heavy atom. The minimum atomic E-state index is -0.0129. The zero-order valence-corrected chi connectivity index (χ0v) is 15.1. The maximum Gasteiger partial charge on any atom is 0.266 e. The lowest BCUT2D eigenvalue weighted by atomic mass is 9.97. The lowest BCUT2D eigenvalue weighted by Gasteiger charge is -2.39. The van der Waals surface area contributed by atoms with E-state index in [0.29, 0.717) is 6.04 Å². The van der Waals surface area contributed by atoms with Crippen molar-refractivity contribution in [3.63, 3.8) is 0 Å². The van der Waals surface area contributed by atoms with Crippen LogP contribution in [0, 0.1) is 0 Å². The number of nitrogens with zero attached hydrogens (tertiary/aromatic N) is 2. The predicted molar refractivity (Wildman–Crippen MR) is 98.3 cm³/mol. The number of H-pyrrole nitrogens is 2. The topological polar surface area (TPSA) is 74.0 Å². The Bertz CT molecular complexity index is 1000. The second-order valence-electron chi connectivity index (χ2n) is 7.10. The van der Waals surface area contributed by atoms with Crippen molar-refractivity contribution in [3.8, 4) is 16.2 Å². The molecule has 3 aromatic rings. The molecule has 0 aliphatic carbocycles. The maximum absolute atomic E-state index is 12.7. The molecule has 1 saturated heterocycles. The third kappa shape index (κ3) is 2.26. The number of ether oxygens (including phenoxy) is 1. The molecule has 0 radical (unpaired) electrons. The van der Waals surface area contributed by atoms with Crippen LogP contribution in [-0.4, -0.2) is 38.8 Å². The van der Waals surface area contributed by atoms with Gasteiger partial charge in [0.15, 0.2) is 0 Å². The van der Waals surface area contributed by atoms with E-state index in [1.165, 1.54) is 23.3 Å². The maximum atomic E-state index is 12.7. The summed E-state index contributed by atoms with van der Waals surface area (Å²) in [6.45, 7) is 6.24. The number of aromatic amines is 2. The van der Waals surface area contributed by atoms with Crippen molar-refractivity contribution < 1.29 is 4.74 Å². The smallest absolute Gasteiger partial charge is 0.266 e. The molecule has 2 atom stereocenters. The standard InChI is InChI=1S/C18H20N4O2S/c1-9-3-4-22(9)8-13-12-5-10(2)24-15-14(12)17(18(23)21-13)25-16(15)11-6-19-20-7-11/h6-7,9-10H,3-5,8H2,1-2H3,(H,19,20)(H,21,23)/t9-,10+/m0/s1. The second kappa shape index (κ2) is 5.44. The highest BCUT2D eigenvalue weighted by molar-refractivity contribution is 7.22. The van der Waals surface area contributed by atoms with Crippen molar-refractivity contribution in [2.45, 2.75) is 45.4 Å². The molecule has 0 bridgehead atoms. The Morgan fingerprint density at radius 2 is 2.32 bits per heavy atom. The van der Waals surface area contributed by atoms with E-state index in [1.54, 1.807) is 6.20 Å². The number of likely N-dealkylation sites (tertiary alicyclic amines) is 1. The van der Waals surface area contributed by atoms with Gasteiger partial charge in [0.25, 0.3) is 5.56 Å². The molecule has 2 N–H and O–H groups in total. The van der Waals surface area contributed by atoms with Gasteiger partial charge in [-0.2, -0.15) is 5.10 Å². The van der Waals surface area contributed by atoms with Crippen LogP contribution in [0.2, 0.25) is 0 Å². The summed E-state index contributed by atoms with van der Waals surface area (Å²) in [7, 11) is 0. The van der Waals surface area contributed by atoms with Gasteiger partial charge in [-0.1, -0.05) is 0 Å². The van der Waals surface area contributed by atoms with E-state index in [1.807, 2.05) is 6.20 Å². The number of thiophene rings is 1. The average Bonchev–Trinajstić information content (AvgIpc) is 3.23. The van der Waals surface area contributed by atoms with Crippen molar-refractivity contribution in [2.75, 3.05) is 6.54 Å². The van der Waals surface area contributed by atoms with Crippen LogP contribution < -0.4 is 10.3 Å². The summed E-state index contributed by atoms with van der Waals surface area (Å²) in [5, 5.41) is 7.90. The second-order valence-corrected chi connectivity index (χ2v) is 8.12. The fraction of sp³-hybridized carbons (Fsp3) is 0.444. The Kier molecular flexibility index (Phi) is 3.30. The molecule has 130 valence electrons. The van der Waals surface area contributed by atoms with Crippen LogP contribution in [0.25, 0.3) is 20.5 Å². The van der Waals surface area contributed by atoms with Crippen LogP contribution in [-0.2, 0) is 13.0 Å². The molecule has 5 heterocycles. The highest BCUT2D eigenvalue weighted by Gasteiger charge is 2.31. The van der Waals surface area contributed by atoms with Crippen LogP contribution in [0.4, 0.5) is 0 Å². The lowest BCUT2D eigenvalue weighted by molar-refractivity contribution is 0.0936. The van der Waals surface area contributed by atoms with E-state index in [4.69, 9.17) is 4.74 Å². The average molecular weight is 356 g/mol. The number of hydrogen-bond acceptors (Lipinski definition) is 5. The van der Waals surface area contributed by atoms with Gasteiger partial charge in [-0.15, -0.1) is 11.3 Å². The molecular formula is C18H20N4O2S. The van der Waals surface area contributed by atoms with Gasteiger partial charge in [-0.25, -0.2) is 0 Å². The summed E-state index contributed by atoms with van der Waals surface area (Å²) in [6, 6.07) is 0.590. The minimum absolute atomic E-state index is 0.0129. The van der Waals surface area contributed by atoms with Crippen LogP contribution in [0.15, 0.2) is 17.2 Å². The molecule has 0 aromatic carbocycles. The molecule has 6 nitrogen and oxygen atoms in total. The van der Waals surface area contributed by atoms with Crippen LogP contribution in [0.5, 0.6) is 5.75 Å². The van der Waals surface area contributed by atoms with E-state index in [2.05, 4.69) is 33.9 Å². The Morgan fingerprint density at radius 3 is 3.00 bits per heavy atom. The third-order valence-corrected chi connectivity index (χ3v) is 6.61. The number of pyridine rings is 1. The summed E-state index contributed by atoms with van der Waals surface area (Å²) in [5.41, 5.74) is 3.25. The molecule has 5 rings (SSSR count). The van der Waals surface area contributed by atoms with E-state index in [0.717, 1.165) is 51.5 Å². The molecule has 2 aliphatic rings. The van der Waals surface area contributed by atoms with E-state index < -0.39 is 0 Å². The van der Waals surface area contributed by atoms with Gasteiger partial charge in [0.1, 0.15) is 16.6 Å². The number of rotatable bonds is 3. The number of nitrogens with one attached hydrogen (secondary N) is 2. The Labute approximate surface area is 148 Å². The largest absolute Gasteiger partial charge is 0.488 e. The summed E-state index contributed by atoms with van der Waals surface area (Å²) in [5.74, 6) is 0.846. The van der Waals surface area contributed by atoms with Crippen molar-refractivity contribution in [2.24, 2.45) is 0 Å². The molecule has 0 amide bonds. The van der Waals surface area contributed by atoms with Crippen LogP contribution >= 0.6 is 11.3 Å². The Hall–Kier alpha value is -2.12. The van der Waals surface area contributed by atoms with Gasteiger partial charge < -0.3 is 9.72 Å². The van der Waals surface area contributed by atoms with Gasteiger partial charge in [0.05, 0.1) is 11.1 Å². The Balaban J connectivity index is 1.73. The molecule has 1 fully saturated rings. The first-order valence-electron chi connectivity index (χ1n) is 8.72. The monoisotopic (exact) mass is 356 g/mol. The molecule has 2 aliphatic heterocycles. The predicted octanol–water partition coefficient (Wildman–Crippen LogP) is 2.90. The zero-order chi connectivity index (χ0) is 17.1. The van der Waals surface area contributed by atoms with E-state index >= 15 is 0 Å². The van der Waals surface area contributed by atoms with Gasteiger partial charge in [0, 0.05) is 48.4 Å². The fourth-order valence-electron chi connectivity index (χ4n) is 3.85. The molecule has 25 heavy (non-hydrogen) atoms. The summed E-state index contributed by atoms with van der Waals surface area (Å²) in [6.07, 6.45) is 5.78. The van der Waals surface area contributed by atoms with Crippen LogP contribution in [0.3, 0.4) is 0 Å². The molecular weight excluding hydrogens is 336 g/mol. The zero-order valence-electron chi connectivity index (χ0n) is 14.3. The summed E-state index contributed by atoms with van der Waals surface area (Å²) in [4.78, 5) is 19.3. The number of hydrogen-bond donors (Lipinski definition) is 2. The first kappa shape index (κ1) is 15.2. The fourth-order valence-corrected chi connectivity index (χ4v) is 4.98. The normalized spacial score (nSPS) is 22.8. The summed E-state index contributed by atoms with van der Waals surface area (Å²) >= 11 is 1.49. The first-order chi connectivity index (χ1) is 12.1. The SMILES string of the molecule is C[C@@H]1Cc2c(CN3CC[C@@H]3C)[nH]c(=O)c3sc(-c4cn[nH]c4)c(c23)O1. The first-order valence-corrected chi connectivity index (χ1v) is 9.54. The molecule has 7 heteroatoms. The lowest BCUT2D eigenvalue weighted by Crippen LogP contribution is -2.45. The summed E-state index contributed by atoms with van der Waals surface area (Å²) < 4.78 is 6.94. The van der Waals surface area contributed by atoms with Gasteiger partial charge in [-0.3, -0.25) is 14.8 Å². The van der Waals surface area contributed by atoms with E-state index in [9.17, 15) is 4.79 Å². The quantitative estimate of drug-likeness (QED) is 0.757. The molecule has 0 unspecified atom stereocenters. The highest BCUT2D eigenvalue weighted by atomic mass is 32.1. The molecule has 3 aromatic heterocycles. The van der Waals surface area contributed by atoms with Gasteiger partial charge in [0.2, 0.25) is 0 Å². The third-order valence-electron chi connectivity index (χ3n) is 5.39. The van der Waals surface area contributed by atoms with Gasteiger partial charge >= 0.3 is 0 Å². The minimum Gasteiger partial charge on any atom is -0.488 e. The van der Waals surface area contributed by atoms with E-state index in [-0.39, 0.29) is 11.7 Å². The van der Waals surface area contributed by atoms with Gasteiger partial charge in [-0.05, 0) is 25.8 Å². The highest BCUT2D eigenvalue weighted by Crippen LogP contribution is 2.47. The van der Waals surface area contributed by atoms with Crippen molar-refractivity contribution in [1.29, 1.82) is 0 Å². The van der Waals surface area contributed by atoms with Crippen LogP contribution in [0.1, 0.15) is 31.5 Å². The molecule has 0 saturated carbocycles. The number of aromatic nitrogens is 3.